The number of nitrogens with zero attached hydrogens (tertiary/aromatic N) is 1. The Bertz CT molecular complexity index is 244. The molecular formula is C19H40N2O. The van der Waals surface area contributed by atoms with Gasteiger partial charge in [0.25, 0.3) is 0 Å². The molecule has 0 rings (SSSR count). The molecule has 0 unspecified atom stereocenters. The lowest BCUT2D eigenvalue weighted by atomic mass is 10.0. The summed E-state index contributed by atoms with van der Waals surface area (Å²) in [5.74, 6) is -0.229. The van der Waals surface area contributed by atoms with Gasteiger partial charge in [-0.05, 0) is 20.0 Å². The van der Waals surface area contributed by atoms with Crippen molar-refractivity contribution < 1.29 is 4.79 Å². The van der Waals surface area contributed by atoms with Gasteiger partial charge in [-0.1, -0.05) is 90.4 Å². The van der Waals surface area contributed by atoms with E-state index in [1.807, 2.05) is 11.9 Å². The third-order valence-electron chi connectivity index (χ3n) is 4.32. The van der Waals surface area contributed by atoms with Crippen molar-refractivity contribution in [3.63, 3.8) is 0 Å². The van der Waals surface area contributed by atoms with E-state index in [0.29, 0.717) is 6.54 Å². The van der Waals surface area contributed by atoms with E-state index in [-0.39, 0.29) is 5.91 Å². The molecule has 0 bridgehead atoms. The highest BCUT2D eigenvalue weighted by Crippen LogP contribution is 2.12. The highest BCUT2D eigenvalue weighted by molar-refractivity contribution is 5.75. The molecule has 0 atom stereocenters. The van der Waals surface area contributed by atoms with E-state index in [0.717, 1.165) is 6.54 Å². The molecule has 0 aromatic heterocycles. The average Bonchev–Trinajstić information content (AvgIpc) is 2.47. The Morgan fingerprint density at radius 1 is 0.727 bits per heavy atom. The maximum absolute atomic E-state index is 10.7. The summed E-state index contributed by atoms with van der Waals surface area (Å²) in [6.45, 7) is 3.65. The second kappa shape index (κ2) is 16.8. The van der Waals surface area contributed by atoms with Crippen molar-refractivity contribution in [2.75, 3.05) is 20.1 Å². The van der Waals surface area contributed by atoms with Crippen LogP contribution in [-0.2, 0) is 4.79 Å². The molecule has 0 aliphatic heterocycles. The number of carbonyl (C=O) groups excluding carboxylic acids is 1. The van der Waals surface area contributed by atoms with Crippen molar-refractivity contribution in [3.05, 3.63) is 0 Å². The molecule has 3 nitrogen and oxygen atoms in total. The summed E-state index contributed by atoms with van der Waals surface area (Å²) < 4.78 is 0. The van der Waals surface area contributed by atoms with E-state index in [1.165, 1.54) is 89.9 Å². The predicted molar refractivity (Wildman–Crippen MR) is 97.0 cm³/mol. The number of unbranched alkanes of at least 4 members (excludes halogenated alkanes) is 13. The number of hydrogen-bond acceptors (Lipinski definition) is 2. The molecule has 132 valence electrons. The molecule has 0 aliphatic rings. The molecule has 0 aromatic rings. The average molecular weight is 313 g/mol. The van der Waals surface area contributed by atoms with Crippen LogP contribution in [0.3, 0.4) is 0 Å². The van der Waals surface area contributed by atoms with E-state index in [4.69, 9.17) is 5.73 Å². The first-order valence-electron chi connectivity index (χ1n) is 9.63. The number of nitrogens with two attached hydrogens (primary N) is 1. The molecule has 0 aliphatic carbocycles. The molecule has 0 radical (unpaired) electrons. The molecule has 2 N–H and O–H groups in total. The first-order chi connectivity index (χ1) is 10.7. The molecule has 3 heteroatoms. The number of hydrogen-bond donors (Lipinski definition) is 1. The molecule has 0 saturated carbocycles. The van der Waals surface area contributed by atoms with Gasteiger partial charge in [0.1, 0.15) is 0 Å². The standard InChI is InChI=1S/C19H40N2O/c1-3-4-5-6-7-8-9-10-11-12-13-14-15-16-17-21(2)18-19(20)22/h3-18H2,1-2H3,(H2,20,22). The van der Waals surface area contributed by atoms with Crippen LogP contribution in [0.25, 0.3) is 0 Å². The van der Waals surface area contributed by atoms with Crippen LogP contribution in [-0.4, -0.2) is 30.9 Å². The quantitative estimate of drug-likeness (QED) is 0.389. The molecule has 0 spiro atoms. The van der Waals surface area contributed by atoms with Gasteiger partial charge < -0.3 is 5.73 Å². The van der Waals surface area contributed by atoms with Gasteiger partial charge in [0.05, 0.1) is 6.54 Å². The van der Waals surface area contributed by atoms with E-state index >= 15 is 0 Å². The van der Waals surface area contributed by atoms with Gasteiger partial charge in [-0.15, -0.1) is 0 Å². The van der Waals surface area contributed by atoms with Gasteiger partial charge in [0, 0.05) is 0 Å². The Kier molecular flexibility index (Phi) is 16.4. The minimum absolute atomic E-state index is 0.229. The van der Waals surface area contributed by atoms with Gasteiger partial charge in [-0.25, -0.2) is 0 Å². The Morgan fingerprint density at radius 3 is 1.45 bits per heavy atom. The Morgan fingerprint density at radius 2 is 1.09 bits per heavy atom. The zero-order valence-corrected chi connectivity index (χ0v) is 15.2. The lowest BCUT2D eigenvalue weighted by Crippen LogP contribution is -2.31. The van der Waals surface area contributed by atoms with Crippen LogP contribution in [0.4, 0.5) is 0 Å². The zero-order valence-electron chi connectivity index (χ0n) is 15.2. The fourth-order valence-corrected chi connectivity index (χ4v) is 2.92. The van der Waals surface area contributed by atoms with Gasteiger partial charge in [-0.3, -0.25) is 9.69 Å². The van der Waals surface area contributed by atoms with E-state index < -0.39 is 0 Å². The SMILES string of the molecule is CCCCCCCCCCCCCCCCN(C)CC(N)=O. The summed E-state index contributed by atoms with van der Waals surface area (Å²) in [5, 5.41) is 0. The maximum atomic E-state index is 10.7. The summed E-state index contributed by atoms with van der Waals surface area (Å²) in [7, 11) is 1.97. The van der Waals surface area contributed by atoms with E-state index in [9.17, 15) is 4.79 Å². The Hall–Kier alpha value is -0.570. The second-order valence-electron chi connectivity index (χ2n) is 6.80. The smallest absolute Gasteiger partial charge is 0.231 e. The molecule has 0 heterocycles. The topological polar surface area (TPSA) is 46.3 Å². The minimum atomic E-state index is -0.229. The lowest BCUT2D eigenvalue weighted by molar-refractivity contribution is -0.118. The van der Waals surface area contributed by atoms with E-state index in [1.54, 1.807) is 0 Å². The van der Waals surface area contributed by atoms with Crippen LogP contribution >= 0.6 is 0 Å². The third kappa shape index (κ3) is 17.5. The highest BCUT2D eigenvalue weighted by Gasteiger charge is 2.01. The van der Waals surface area contributed by atoms with Gasteiger partial charge in [0.2, 0.25) is 5.91 Å². The molecular weight excluding hydrogens is 272 g/mol. The van der Waals surface area contributed by atoms with Crippen LogP contribution in [0.1, 0.15) is 96.8 Å². The fraction of sp³-hybridized carbons (Fsp3) is 0.947. The van der Waals surface area contributed by atoms with Crippen molar-refractivity contribution in [2.24, 2.45) is 5.73 Å². The highest BCUT2D eigenvalue weighted by atomic mass is 16.1. The van der Waals surface area contributed by atoms with Crippen LogP contribution in [0, 0.1) is 0 Å². The first kappa shape index (κ1) is 21.4. The number of amides is 1. The number of primary amides is 1. The van der Waals surface area contributed by atoms with Crippen LogP contribution in [0.5, 0.6) is 0 Å². The summed E-state index contributed by atoms with van der Waals surface area (Å²) in [6, 6.07) is 0. The minimum Gasteiger partial charge on any atom is -0.369 e. The normalized spacial score (nSPS) is 11.2. The second-order valence-corrected chi connectivity index (χ2v) is 6.80. The van der Waals surface area contributed by atoms with Crippen LogP contribution < -0.4 is 5.73 Å². The van der Waals surface area contributed by atoms with E-state index in [2.05, 4.69) is 6.92 Å². The van der Waals surface area contributed by atoms with Crippen LogP contribution in [0.2, 0.25) is 0 Å². The van der Waals surface area contributed by atoms with Crippen molar-refractivity contribution in [1.29, 1.82) is 0 Å². The number of rotatable bonds is 17. The maximum Gasteiger partial charge on any atom is 0.231 e. The van der Waals surface area contributed by atoms with Gasteiger partial charge >= 0.3 is 0 Å². The molecule has 22 heavy (non-hydrogen) atoms. The summed E-state index contributed by atoms with van der Waals surface area (Å²) >= 11 is 0. The number of likely N-dealkylation sites (N-methyl/N-ethyl adjacent to an activating group) is 1. The van der Waals surface area contributed by atoms with Gasteiger partial charge in [-0.2, -0.15) is 0 Å². The molecule has 0 saturated heterocycles. The fourth-order valence-electron chi connectivity index (χ4n) is 2.92. The Balaban J connectivity index is 3.07. The molecule has 0 fully saturated rings. The van der Waals surface area contributed by atoms with Crippen molar-refractivity contribution in [1.82, 2.24) is 4.90 Å². The van der Waals surface area contributed by atoms with Crippen molar-refractivity contribution >= 4 is 5.91 Å². The largest absolute Gasteiger partial charge is 0.369 e. The summed E-state index contributed by atoms with van der Waals surface area (Å²) in [4.78, 5) is 12.8. The van der Waals surface area contributed by atoms with Gasteiger partial charge in [0.15, 0.2) is 0 Å². The Labute approximate surface area is 139 Å². The number of carbonyl (C=O) groups is 1. The van der Waals surface area contributed by atoms with Crippen LogP contribution in [0.15, 0.2) is 0 Å². The third-order valence-corrected chi connectivity index (χ3v) is 4.32. The zero-order chi connectivity index (χ0) is 16.5. The van der Waals surface area contributed by atoms with Crippen molar-refractivity contribution in [3.8, 4) is 0 Å². The predicted octanol–water partition coefficient (Wildman–Crippen LogP) is 4.88. The molecule has 0 aromatic carbocycles. The lowest BCUT2D eigenvalue weighted by Gasteiger charge is -2.13. The summed E-state index contributed by atoms with van der Waals surface area (Å²) in [6.07, 6.45) is 19.4. The summed E-state index contributed by atoms with van der Waals surface area (Å²) in [5.41, 5.74) is 5.16. The first-order valence-corrected chi connectivity index (χ1v) is 9.63. The monoisotopic (exact) mass is 312 g/mol. The molecule has 1 amide bonds. The van der Waals surface area contributed by atoms with Crippen molar-refractivity contribution in [2.45, 2.75) is 96.8 Å².